The molecule has 160 valence electrons. The number of ether oxygens (including phenoxy) is 1. The van der Waals surface area contributed by atoms with Crippen LogP contribution in [0.15, 0.2) is 60.7 Å². The van der Waals surface area contributed by atoms with Crippen LogP contribution in [-0.2, 0) is 24.4 Å². The summed E-state index contributed by atoms with van der Waals surface area (Å²) in [4.78, 5) is 18.0. The fourth-order valence-corrected chi connectivity index (χ4v) is 3.77. The van der Waals surface area contributed by atoms with Gasteiger partial charge in [0.15, 0.2) is 11.6 Å². The molecular formula is C25H25FN2O3. The van der Waals surface area contributed by atoms with Gasteiger partial charge >= 0.3 is 5.97 Å². The van der Waals surface area contributed by atoms with E-state index in [1.807, 2.05) is 48.5 Å². The van der Waals surface area contributed by atoms with Crippen LogP contribution in [0.5, 0.6) is 5.75 Å². The van der Waals surface area contributed by atoms with Crippen LogP contribution in [0, 0.1) is 11.7 Å². The normalized spacial score (nSPS) is 14.6. The van der Waals surface area contributed by atoms with Crippen LogP contribution < -0.4 is 4.74 Å². The summed E-state index contributed by atoms with van der Waals surface area (Å²) in [5.41, 5.74) is 4.49. The van der Waals surface area contributed by atoms with Crippen molar-refractivity contribution in [1.29, 1.82) is 0 Å². The maximum atomic E-state index is 14.6. The number of carboxylic acids is 1. The van der Waals surface area contributed by atoms with Gasteiger partial charge in [-0.25, -0.2) is 4.39 Å². The quantitative estimate of drug-likeness (QED) is 0.608. The number of fused-ring (bicyclic) bond motifs is 1. The summed E-state index contributed by atoms with van der Waals surface area (Å²) in [6.07, 6.45) is 0.746. The van der Waals surface area contributed by atoms with Gasteiger partial charge in [0.2, 0.25) is 0 Å². The predicted octanol–water partition coefficient (Wildman–Crippen LogP) is 4.55. The Kier molecular flexibility index (Phi) is 6.28. The number of hydrogen-bond donors (Lipinski definition) is 1. The minimum atomic E-state index is -0.780. The average molecular weight is 420 g/mol. The van der Waals surface area contributed by atoms with Crippen LogP contribution in [0.4, 0.5) is 4.39 Å². The monoisotopic (exact) mass is 420 g/mol. The topological polar surface area (TPSA) is 62.7 Å². The van der Waals surface area contributed by atoms with Crippen LogP contribution in [-0.4, -0.2) is 34.0 Å². The molecule has 4 rings (SSSR count). The van der Waals surface area contributed by atoms with Crippen LogP contribution in [0.2, 0.25) is 0 Å². The Morgan fingerprint density at radius 1 is 1.19 bits per heavy atom. The number of carbonyl (C=O) groups is 1. The maximum absolute atomic E-state index is 14.6. The van der Waals surface area contributed by atoms with Crippen molar-refractivity contribution in [3.05, 3.63) is 83.3 Å². The van der Waals surface area contributed by atoms with Gasteiger partial charge in [-0.2, -0.15) is 0 Å². The number of nitrogens with zero attached hydrogens (tertiary/aromatic N) is 2. The van der Waals surface area contributed by atoms with Gasteiger partial charge in [0.25, 0.3) is 0 Å². The first kappa shape index (κ1) is 21.0. The van der Waals surface area contributed by atoms with Crippen molar-refractivity contribution in [3.63, 3.8) is 0 Å². The molecule has 0 saturated heterocycles. The number of pyridine rings is 1. The molecule has 6 heteroatoms. The van der Waals surface area contributed by atoms with Crippen molar-refractivity contribution in [3.8, 4) is 17.0 Å². The summed E-state index contributed by atoms with van der Waals surface area (Å²) >= 11 is 0. The SMILES string of the molecule is CC(CN1CCc2nc(-c3ccc(OCc4ccccc4)c(F)c3)ccc2C1)C(=O)O. The second-order valence-electron chi connectivity index (χ2n) is 7.95. The zero-order chi connectivity index (χ0) is 21.8. The highest BCUT2D eigenvalue weighted by atomic mass is 19.1. The lowest BCUT2D eigenvalue weighted by atomic mass is 10.0. The van der Waals surface area contributed by atoms with Crippen molar-refractivity contribution < 1.29 is 19.0 Å². The summed E-state index contributed by atoms with van der Waals surface area (Å²) in [6, 6.07) is 18.5. The van der Waals surface area contributed by atoms with E-state index in [9.17, 15) is 9.18 Å². The molecule has 1 N–H and O–H groups in total. The molecular weight excluding hydrogens is 395 g/mol. The van der Waals surface area contributed by atoms with E-state index in [0.717, 1.165) is 35.5 Å². The van der Waals surface area contributed by atoms with Gasteiger partial charge in [-0.15, -0.1) is 0 Å². The second kappa shape index (κ2) is 9.27. The van der Waals surface area contributed by atoms with E-state index in [1.54, 1.807) is 13.0 Å². The van der Waals surface area contributed by atoms with E-state index >= 15 is 0 Å². The zero-order valence-electron chi connectivity index (χ0n) is 17.4. The van der Waals surface area contributed by atoms with Gasteiger partial charge in [0.05, 0.1) is 11.6 Å². The highest BCUT2D eigenvalue weighted by molar-refractivity contribution is 5.69. The number of carboxylic acid groups (broad SMARTS) is 1. The predicted molar refractivity (Wildman–Crippen MR) is 116 cm³/mol. The van der Waals surface area contributed by atoms with Gasteiger partial charge in [-0.1, -0.05) is 43.3 Å². The number of aliphatic carboxylic acids is 1. The lowest BCUT2D eigenvalue weighted by Crippen LogP contribution is -2.36. The molecule has 0 spiro atoms. The number of hydrogen-bond acceptors (Lipinski definition) is 4. The number of aromatic nitrogens is 1. The molecule has 5 nitrogen and oxygen atoms in total. The Hall–Kier alpha value is -3.25. The Bertz CT molecular complexity index is 1070. The van der Waals surface area contributed by atoms with Crippen molar-refractivity contribution in [2.45, 2.75) is 26.5 Å². The Morgan fingerprint density at radius 2 is 2.00 bits per heavy atom. The van der Waals surface area contributed by atoms with Gasteiger partial charge in [-0.05, 0) is 35.4 Å². The second-order valence-corrected chi connectivity index (χ2v) is 7.95. The molecule has 0 radical (unpaired) electrons. The molecule has 1 unspecified atom stereocenters. The largest absolute Gasteiger partial charge is 0.486 e. The highest BCUT2D eigenvalue weighted by Crippen LogP contribution is 2.27. The van der Waals surface area contributed by atoms with E-state index < -0.39 is 17.7 Å². The van der Waals surface area contributed by atoms with Gasteiger partial charge in [0.1, 0.15) is 6.61 Å². The molecule has 1 aromatic heterocycles. The van der Waals surface area contributed by atoms with Crippen LogP contribution in [0.3, 0.4) is 0 Å². The van der Waals surface area contributed by atoms with Crippen molar-refractivity contribution >= 4 is 5.97 Å². The summed E-state index contributed by atoms with van der Waals surface area (Å²) in [7, 11) is 0. The third-order valence-electron chi connectivity index (χ3n) is 5.55. The minimum absolute atomic E-state index is 0.216. The van der Waals surface area contributed by atoms with Crippen molar-refractivity contribution in [2.75, 3.05) is 13.1 Å². The summed E-state index contributed by atoms with van der Waals surface area (Å²) in [5, 5.41) is 9.13. The first-order valence-electron chi connectivity index (χ1n) is 10.4. The van der Waals surface area contributed by atoms with E-state index in [4.69, 9.17) is 14.8 Å². The molecule has 1 atom stereocenters. The maximum Gasteiger partial charge on any atom is 0.307 e. The molecule has 1 aliphatic rings. The zero-order valence-corrected chi connectivity index (χ0v) is 17.4. The molecule has 1 aliphatic heterocycles. The first-order valence-corrected chi connectivity index (χ1v) is 10.4. The summed E-state index contributed by atoms with van der Waals surface area (Å²) in [6.45, 7) is 4.00. The summed E-state index contributed by atoms with van der Waals surface area (Å²) in [5.74, 6) is -1.38. The lowest BCUT2D eigenvalue weighted by Gasteiger charge is -2.29. The van der Waals surface area contributed by atoms with E-state index in [0.29, 0.717) is 25.3 Å². The molecule has 2 heterocycles. The third-order valence-corrected chi connectivity index (χ3v) is 5.55. The molecule has 0 amide bonds. The molecule has 0 saturated carbocycles. The van der Waals surface area contributed by atoms with E-state index in [2.05, 4.69) is 4.90 Å². The van der Waals surface area contributed by atoms with Crippen molar-refractivity contribution in [2.24, 2.45) is 5.92 Å². The number of halogens is 1. The van der Waals surface area contributed by atoms with E-state index in [-0.39, 0.29) is 5.75 Å². The Morgan fingerprint density at radius 3 is 2.74 bits per heavy atom. The number of rotatable bonds is 7. The smallest absolute Gasteiger partial charge is 0.307 e. The molecule has 2 aromatic carbocycles. The van der Waals surface area contributed by atoms with Gasteiger partial charge in [-0.3, -0.25) is 14.7 Å². The van der Waals surface area contributed by atoms with Gasteiger partial charge < -0.3 is 9.84 Å². The van der Waals surface area contributed by atoms with Crippen LogP contribution in [0.1, 0.15) is 23.7 Å². The molecule has 3 aromatic rings. The van der Waals surface area contributed by atoms with E-state index in [1.165, 1.54) is 6.07 Å². The highest BCUT2D eigenvalue weighted by Gasteiger charge is 2.22. The van der Waals surface area contributed by atoms with Gasteiger partial charge in [0, 0.05) is 37.3 Å². The fraction of sp³-hybridized carbons (Fsp3) is 0.280. The Balaban J connectivity index is 1.44. The molecule has 0 aliphatic carbocycles. The average Bonchev–Trinajstić information content (AvgIpc) is 2.78. The van der Waals surface area contributed by atoms with Crippen LogP contribution >= 0.6 is 0 Å². The number of benzene rings is 2. The first-order chi connectivity index (χ1) is 15.0. The van der Waals surface area contributed by atoms with Crippen molar-refractivity contribution in [1.82, 2.24) is 9.88 Å². The molecule has 0 bridgehead atoms. The standard InChI is InChI=1S/C25H25FN2O3/c1-17(25(29)30)14-28-12-11-23-20(15-28)7-9-22(27-23)19-8-10-24(21(26)13-19)31-16-18-5-3-2-4-6-18/h2-10,13,17H,11-12,14-16H2,1H3,(H,29,30). The Labute approximate surface area is 181 Å². The third kappa shape index (κ3) is 5.09. The summed E-state index contributed by atoms with van der Waals surface area (Å²) < 4.78 is 20.2. The molecule has 31 heavy (non-hydrogen) atoms. The fourth-order valence-electron chi connectivity index (χ4n) is 3.77. The minimum Gasteiger partial charge on any atom is -0.486 e. The van der Waals surface area contributed by atoms with Crippen LogP contribution in [0.25, 0.3) is 11.3 Å². The lowest BCUT2D eigenvalue weighted by molar-refractivity contribution is -0.141. The molecule has 0 fully saturated rings.